The van der Waals surface area contributed by atoms with Gasteiger partial charge in [0.05, 0.1) is 16.3 Å². The van der Waals surface area contributed by atoms with Gasteiger partial charge in [-0.15, -0.1) is 11.3 Å². The smallest absolute Gasteiger partial charge is 0.318 e. The zero-order valence-electron chi connectivity index (χ0n) is 14.2. The number of aromatic nitrogens is 3. The van der Waals surface area contributed by atoms with Crippen LogP contribution in [0, 0.1) is 11.6 Å². The quantitative estimate of drug-likeness (QED) is 0.471. The van der Waals surface area contributed by atoms with Crippen LogP contribution in [0.25, 0.3) is 16.2 Å². The van der Waals surface area contributed by atoms with Crippen LogP contribution in [0.2, 0.25) is 0 Å². The first-order chi connectivity index (χ1) is 13.7. The first kappa shape index (κ1) is 19.0. The predicted octanol–water partition coefficient (Wildman–Crippen LogP) is 5.01. The highest BCUT2D eigenvalue weighted by atomic mass is 32.1. The van der Waals surface area contributed by atoms with E-state index in [1.54, 1.807) is 17.5 Å². The number of alkyl halides is 3. The summed E-state index contributed by atoms with van der Waals surface area (Å²) in [5.74, 6) is -2.84. The van der Waals surface area contributed by atoms with E-state index in [-0.39, 0.29) is 17.0 Å². The monoisotopic (exact) mass is 424 g/mol. The Morgan fingerprint density at radius 3 is 2.55 bits per heavy atom. The number of benzene rings is 1. The lowest BCUT2D eigenvalue weighted by atomic mass is 10.2. The summed E-state index contributed by atoms with van der Waals surface area (Å²) in [6.45, 7) is 0. The maximum Gasteiger partial charge on any atom is 0.433 e. The average molecular weight is 424 g/mol. The van der Waals surface area contributed by atoms with Crippen molar-refractivity contribution in [3.05, 3.63) is 70.9 Å². The number of nitrogens with zero attached hydrogens (tertiary/aromatic N) is 3. The van der Waals surface area contributed by atoms with Crippen LogP contribution < -0.4 is 5.32 Å². The maximum absolute atomic E-state index is 13.7. The van der Waals surface area contributed by atoms with Crippen LogP contribution >= 0.6 is 11.3 Å². The lowest BCUT2D eigenvalue weighted by Gasteiger charge is -2.10. The number of fused-ring (bicyclic) bond motifs is 1. The Balaban J connectivity index is 1.77. The lowest BCUT2D eigenvalue weighted by molar-refractivity contribution is -0.142. The molecule has 0 bridgehead atoms. The second-order valence-electron chi connectivity index (χ2n) is 5.88. The first-order valence-electron chi connectivity index (χ1n) is 8.00. The van der Waals surface area contributed by atoms with Gasteiger partial charge in [0.15, 0.2) is 17.0 Å². The Hall–Kier alpha value is -3.34. The zero-order chi connectivity index (χ0) is 20.8. The number of hydrogen-bond acceptors (Lipinski definition) is 4. The Kier molecular flexibility index (Phi) is 4.53. The SMILES string of the molecule is O=C(Nc1ccc(F)cc1F)c1cc2nc(-c3cccs3)cc(C(F)(F)F)n2n1. The standard InChI is InChI=1S/C18H9F5N4OS/c19-9-3-4-11(10(20)6-9)25-17(28)13-8-16-24-12(14-2-1-5-29-14)7-15(18(21,22)23)27(16)26-13/h1-8H,(H,25,28). The molecule has 5 nitrogen and oxygen atoms in total. The first-order valence-corrected chi connectivity index (χ1v) is 8.88. The van der Waals surface area contributed by atoms with Crippen molar-refractivity contribution < 1.29 is 26.7 Å². The number of carbonyl (C=O) groups excluding carboxylic acids is 1. The van der Waals surface area contributed by atoms with Crippen molar-refractivity contribution in [3.8, 4) is 10.6 Å². The van der Waals surface area contributed by atoms with Crippen molar-refractivity contribution in [3.63, 3.8) is 0 Å². The van der Waals surface area contributed by atoms with E-state index >= 15 is 0 Å². The molecule has 4 rings (SSSR count). The fourth-order valence-electron chi connectivity index (χ4n) is 2.62. The fraction of sp³-hybridized carbons (Fsp3) is 0.0556. The largest absolute Gasteiger partial charge is 0.433 e. The molecule has 0 saturated heterocycles. The predicted molar refractivity (Wildman–Crippen MR) is 95.6 cm³/mol. The number of thiophene rings is 1. The Morgan fingerprint density at radius 1 is 1.10 bits per heavy atom. The van der Waals surface area contributed by atoms with Crippen LogP contribution in [0.1, 0.15) is 16.2 Å². The van der Waals surface area contributed by atoms with E-state index in [2.05, 4.69) is 15.4 Å². The van der Waals surface area contributed by atoms with Gasteiger partial charge in [-0.1, -0.05) is 6.07 Å². The molecular formula is C18H9F5N4OS. The van der Waals surface area contributed by atoms with Crippen LogP contribution in [-0.4, -0.2) is 20.5 Å². The van der Waals surface area contributed by atoms with Gasteiger partial charge in [0, 0.05) is 12.1 Å². The van der Waals surface area contributed by atoms with Gasteiger partial charge in [-0.25, -0.2) is 18.3 Å². The third-order valence-electron chi connectivity index (χ3n) is 3.90. The molecule has 3 heterocycles. The molecule has 0 radical (unpaired) electrons. The van der Waals surface area contributed by atoms with Crippen molar-refractivity contribution in [2.45, 2.75) is 6.18 Å². The molecule has 0 atom stereocenters. The van der Waals surface area contributed by atoms with Crippen molar-refractivity contribution >= 4 is 28.6 Å². The molecule has 0 aliphatic rings. The normalized spacial score (nSPS) is 11.8. The minimum Gasteiger partial charge on any atom is -0.318 e. The average Bonchev–Trinajstić information content (AvgIpc) is 3.31. The number of hydrogen-bond donors (Lipinski definition) is 1. The molecule has 4 aromatic rings. The van der Waals surface area contributed by atoms with Gasteiger partial charge >= 0.3 is 6.18 Å². The summed E-state index contributed by atoms with van der Waals surface area (Å²) < 4.78 is 67.8. The van der Waals surface area contributed by atoms with E-state index in [1.807, 2.05) is 0 Å². The fourth-order valence-corrected chi connectivity index (χ4v) is 3.30. The summed E-state index contributed by atoms with van der Waals surface area (Å²) >= 11 is 1.21. The van der Waals surface area contributed by atoms with E-state index in [4.69, 9.17) is 0 Å². The Morgan fingerprint density at radius 2 is 1.90 bits per heavy atom. The van der Waals surface area contributed by atoms with Crippen LogP contribution in [0.15, 0.2) is 47.8 Å². The number of anilines is 1. The number of carbonyl (C=O) groups is 1. The topological polar surface area (TPSA) is 59.3 Å². The van der Waals surface area contributed by atoms with Crippen molar-refractivity contribution in [2.24, 2.45) is 0 Å². The minimum absolute atomic E-state index is 0.0799. The van der Waals surface area contributed by atoms with Crippen LogP contribution in [0.3, 0.4) is 0 Å². The third kappa shape index (κ3) is 3.68. The molecule has 3 aromatic heterocycles. The van der Waals surface area contributed by atoms with E-state index in [9.17, 15) is 26.7 Å². The summed E-state index contributed by atoms with van der Waals surface area (Å²) in [6, 6.07) is 7.67. The molecule has 0 aliphatic heterocycles. The number of nitrogens with one attached hydrogen (secondary N) is 1. The van der Waals surface area contributed by atoms with Gasteiger partial charge < -0.3 is 5.32 Å². The molecular weight excluding hydrogens is 415 g/mol. The van der Waals surface area contributed by atoms with Crippen molar-refractivity contribution in [1.29, 1.82) is 0 Å². The van der Waals surface area contributed by atoms with E-state index in [1.165, 1.54) is 11.3 Å². The summed E-state index contributed by atoms with van der Waals surface area (Å²) in [7, 11) is 0. The van der Waals surface area contributed by atoms with Gasteiger partial charge in [-0.2, -0.15) is 18.3 Å². The Labute approximate surface area is 163 Å². The number of amides is 1. The molecule has 0 fully saturated rings. The number of halogens is 5. The van der Waals surface area contributed by atoms with Crippen LogP contribution in [0.4, 0.5) is 27.6 Å². The van der Waals surface area contributed by atoms with Crippen LogP contribution in [-0.2, 0) is 6.18 Å². The molecule has 1 amide bonds. The maximum atomic E-state index is 13.7. The lowest BCUT2D eigenvalue weighted by Crippen LogP contribution is -2.16. The highest BCUT2D eigenvalue weighted by Crippen LogP contribution is 2.33. The molecule has 0 saturated carbocycles. The molecule has 0 aliphatic carbocycles. The van der Waals surface area contributed by atoms with E-state index in [0.717, 1.165) is 24.3 Å². The summed E-state index contributed by atoms with van der Waals surface area (Å²) in [6.07, 6.45) is -4.75. The van der Waals surface area contributed by atoms with Gasteiger partial charge in [0.2, 0.25) is 0 Å². The second-order valence-corrected chi connectivity index (χ2v) is 6.83. The van der Waals surface area contributed by atoms with Gasteiger partial charge in [-0.3, -0.25) is 4.79 Å². The Bertz CT molecular complexity index is 1220. The summed E-state index contributed by atoms with van der Waals surface area (Å²) in [5.41, 5.74) is -1.98. The third-order valence-corrected chi connectivity index (χ3v) is 4.80. The highest BCUT2D eigenvalue weighted by Gasteiger charge is 2.35. The number of rotatable bonds is 3. The van der Waals surface area contributed by atoms with Crippen LogP contribution in [0.5, 0.6) is 0 Å². The van der Waals surface area contributed by atoms with E-state index in [0.29, 0.717) is 15.5 Å². The minimum atomic E-state index is -4.75. The summed E-state index contributed by atoms with van der Waals surface area (Å²) in [4.78, 5) is 17.0. The second kappa shape index (κ2) is 6.92. The molecule has 11 heteroatoms. The van der Waals surface area contributed by atoms with Gasteiger partial charge in [0.25, 0.3) is 5.91 Å². The van der Waals surface area contributed by atoms with Crippen molar-refractivity contribution in [1.82, 2.24) is 14.6 Å². The molecule has 0 unspecified atom stereocenters. The van der Waals surface area contributed by atoms with Gasteiger partial charge in [-0.05, 0) is 29.6 Å². The van der Waals surface area contributed by atoms with Gasteiger partial charge in [0.1, 0.15) is 11.6 Å². The molecule has 1 N–H and O–H groups in total. The molecule has 0 spiro atoms. The highest BCUT2D eigenvalue weighted by molar-refractivity contribution is 7.13. The zero-order valence-corrected chi connectivity index (χ0v) is 15.0. The molecule has 1 aromatic carbocycles. The summed E-state index contributed by atoms with van der Waals surface area (Å²) in [5, 5.41) is 7.52. The molecule has 29 heavy (non-hydrogen) atoms. The van der Waals surface area contributed by atoms with E-state index < -0.39 is 35.1 Å². The van der Waals surface area contributed by atoms with Crippen molar-refractivity contribution in [2.75, 3.05) is 5.32 Å². The molecule has 148 valence electrons.